The summed E-state index contributed by atoms with van der Waals surface area (Å²) in [6, 6.07) is 2.99. The van der Waals surface area contributed by atoms with E-state index in [2.05, 4.69) is 0 Å². The van der Waals surface area contributed by atoms with E-state index >= 15 is 0 Å². The molecule has 0 saturated heterocycles. The van der Waals surface area contributed by atoms with Gasteiger partial charge in [0.2, 0.25) is 0 Å². The molecule has 1 heterocycles. The molecule has 1 aromatic rings. The van der Waals surface area contributed by atoms with E-state index in [0.29, 0.717) is 6.61 Å². The zero-order valence-corrected chi connectivity index (χ0v) is 8.75. The van der Waals surface area contributed by atoms with Crippen LogP contribution in [-0.2, 0) is 14.3 Å². The van der Waals surface area contributed by atoms with E-state index in [1.165, 1.54) is 11.3 Å². The summed E-state index contributed by atoms with van der Waals surface area (Å²) in [5.74, 6) is -0.412. The van der Waals surface area contributed by atoms with Crippen LogP contribution < -0.4 is 5.73 Å². The highest BCUT2D eigenvalue weighted by Gasteiger charge is 2.17. The van der Waals surface area contributed by atoms with Crippen molar-refractivity contribution in [2.75, 3.05) is 20.3 Å². The van der Waals surface area contributed by atoms with Gasteiger partial charge < -0.3 is 15.2 Å². The monoisotopic (exact) mass is 215 g/mol. The Labute approximate surface area is 86.6 Å². The molecule has 0 amide bonds. The van der Waals surface area contributed by atoms with Crippen molar-refractivity contribution in [3.63, 3.8) is 0 Å². The van der Waals surface area contributed by atoms with Gasteiger partial charge in [-0.1, -0.05) is 6.07 Å². The van der Waals surface area contributed by atoms with E-state index in [9.17, 15) is 4.79 Å². The van der Waals surface area contributed by atoms with Crippen LogP contribution in [0.5, 0.6) is 0 Å². The predicted molar refractivity (Wildman–Crippen MR) is 54.1 cm³/mol. The number of hydrogen-bond acceptors (Lipinski definition) is 5. The standard InChI is InChI=1S/C9H13NO3S/c1-12-4-5-13-9(11)8(10)7-3-2-6-14-7/h2-3,6,8H,4-5,10H2,1H3. The second kappa shape index (κ2) is 5.74. The zero-order chi connectivity index (χ0) is 10.4. The molecule has 5 heteroatoms. The summed E-state index contributed by atoms with van der Waals surface area (Å²) in [7, 11) is 1.55. The second-order valence-corrected chi connectivity index (χ2v) is 3.63. The minimum absolute atomic E-state index is 0.244. The molecule has 4 nitrogen and oxygen atoms in total. The number of methoxy groups -OCH3 is 1. The van der Waals surface area contributed by atoms with Gasteiger partial charge in [-0.2, -0.15) is 0 Å². The summed E-state index contributed by atoms with van der Waals surface area (Å²) < 4.78 is 9.63. The molecule has 1 unspecified atom stereocenters. The lowest BCUT2D eigenvalue weighted by atomic mass is 10.2. The highest BCUT2D eigenvalue weighted by atomic mass is 32.1. The van der Waals surface area contributed by atoms with Crippen molar-refractivity contribution in [2.24, 2.45) is 5.73 Å². The van der Waals surface area contributed by atoms with Gasteiger partial charge >= 0.3 is 5.97 Å². The first-order chi connectivity index (χ1) is 6.75. The molecule has 1 atom stereocenters. The van der Waals surface area contributed by atoms with Crippen LogP contribution in [-0.4, -0.2) is 26.3 Å². The lowest BCUT2D eigenvalue weighted by Crippen LogP contribution is -2.24. The number of rotatable bonds is 5. The molecule has 0 bridgehead atoms. The second-order valence-electron chi connectivity index (χ2n) is 2.65. The smallest absolute Gasteiger partial charge is 0.328 e. The topological polar surface area (TPSA) is 61.5 Å². The average Bonchev–Trinajstić information content (AvgIpc) is 2.69. The molecular weight excluding hydrogens is 202 g/mol. The lowest BCUT2D eigenvalue weighted by molar-refractivity contribution is -0.146. The third-order valence-electron chi connectivity index (χ3n) is 1.64. The first-order valence-corrected chi connectivity index (χ1v) is 5.08. The van der Waals surface area contributed by atoms with Crippen molar-refractivity contribution in [2.45, 2.75) is 6.04 Å². The summed E-state index contributed by atoms with van der Waals surface area (Å²) in [6.07, 6.45) is 0. The highest BCUT2D eigenvalue weighted by molar-refractivity contribution is 7.10. The van der Waals surface area contributed by atoms with Crippen LogP contribution in [0.15, 0.2) is 17.5 Å². The molecule has 0 fully saturated rings. The normalized spacial score (nSPS) is 12.4. The van der Waals surface area contributed by atoms with Gasteiger partial charge in [-0.25, -0.2) is 4.79 Å². The molecule has 0 aliphatic carbocycles. The van der Waals surface area contributed by atoms with E-state index in [4.69, 9.17) is 15.2 Å². The molecular formula is C9H13NO3S. The Kier molecular flexibility index (Phi) is 4.58. The Bertz CT molecular complexity index is 274. The third-order valence-corrected chi connectivity index (χ3v) is 2.59. The maximum atomic E-state index is 11.3. The van der Waals surface area contributed by atoms with Crippen LogP contribution in [0.3, 0.4) is 0 Å². The van der Waals surface area contributed by atoms with Gasteiger partial charge in [0.1, 0.15) is 12.6 Å². The van der Waals surface area contributed by atoms with E-state index in [-0.39, 0.29) is 6.61 Å². The Morgan fingerprint density at radius 1 is 1.64 bits per heavy atom. The highest BCUT2D eigenvalue weighted by Crippen LogP contribution is 2.17. The Morgan fingerprint density at radius 2 is 2.43 bits per heavy atom. The van der Waals surface area contributed by atoms with Crippen molar-refractivity contribution in [1.82, 2.24) is 0 Å². The molecule has 0 radical (unpaired) electrons. The largest absolute Gasteiger partial charge is 0.462 e. The molecule has 78 valence electrons. The van der Waals surface area contributed by atoms with Gasteiger partial charge in [-0.05, 0) is 11.4 Å². The molecule has 2 N–H and O–H groups in total. The van der Waals surface area contributed by atoms with Gasteiger partial charge in [0, 0.05) is 12.0 Å². The SMILES string of the molecule is COCCOC(=O)C(N)c1cccs1. The number of esters is 1. The first-order valence-electron chi connectivity index (χ1n) is 4.20. The van der Waals surface area contributed by atoms with Crippen molar-refractivity contribution in [3.8, 4) is 0 Å². The summed E-state index contributed by atoms with van der Waals surface area (Å²) >= 11 is 1.44. The molecule has 0 aromatic carbocycles. The van der Waals surface area contributed by atoms with Crippen molar-refractivity contribution in [3.05, 3.63) is 22.4 Å². The maximum absolute atomic E-state index is 11.3. The maximum Gasteiger partial charge on any atom is 0.328 e. The fourth-order valence-corrected chi connectivity index (χ4v) is 1.61. The predicted octanol–water partition coefficient (Wildman–Crippen LogP) is 0.938. The van der Waals surface area contributed by atoms with Gasteiger partial charge in [0.15, 0.2) is 0 Å². The van der Waals surface area contributed by atoms with Crippen LogP contribution in [0.2, 0.25) is 0 Å². The summed E-state index contributed by atoms with van der Waals surface area (Å²) in [4.78, 5) is 12.1. The van der Waals surface area contributed by atoms with E-state index < -0.39 is 12.0 Å². The Morgan fingerprint density at radius 3 is 3.00 bits per heavy atom. The minimum Gasteiger partial charge on any atom is -0.462 e. The van der Waals surface area contributed by atoms with Crippen LogP contribution in [0, 0.1) is 0 Å². The molecule has 0 aliphatic heterocycles. The quantitative estimate of drug-likeness (QED) is 0.586. The van der Waals surface area contributed by atoms with Crippen molar-refractivity contribution in [1.29, 1.82) is 0 Å². The van der Waals surface area contributed by atoms with Gasteiger partial charge in [-0.3, -0.25) is 0 Å². The Balaban J connectivity index is 2.37. The lowest BCUT2D eigenvalue weighted by Gasteiger charge is -2.09. The zero-order valence-electron chi connectivity index (χ0n) is 7.93. The third kappa shape index (κ3) is 3.10. The van der Waals surface area contributed by atoms with Crippen molar-refractivity contribution < 1.29 is 14.3 Å². The number of nitrogens with two attached hydrogens (primary N) is 1. The number of carbonyl (C=O) groups excluding carboxylic acids is 1. The summed E-state index contributed by atoms with van der Waals surface area (Å²) in [5, 5.41) is 1.87. The fraction of sp³-hybridized carbons (Fsp3) is 0.444. The average molecular weight is 215 g/mol. The molecule has 1 rings (SSSR count). The van der Waals surface area contributed by atoms with Crippen molar-refractivity contribution >= 4 is 17.3 Å². The first kappa shape index (κ1) is 11.2. The molecule has 0 spiro atoms. The summed E-state index contributed by atoms with van der Waals surface area (Å²) in [6.45, 7) is 0.636. The number of thiophene rings is 1. The van der Waals surface area contributed by atoms with Gasteiger partial charge in [-0.15, -0.1) is 11.3 Å². The van der Waals surface area contributed by atoms with Crippen LogP contribution in [0.1, 0.15) is 10.9 Å². The molecule has 1 aromatic heterocycles. The van der Waals surface area contributed by atoms with E-state index in [0.717, 1.165) is 4.88 Å². The molecule has 0 aliphatic rings. The fourth-order valence-electron chi connectivity index (χ4n) is 0.900. The number of hydrogen-bond donors (Lipinski definition) is 1. The van der Waals surface area contributed by atoms with Crippen LogP contribution in [0.25, 0.3) is 0 Å². The minimum atomic E-state index is -0.674. The van der Waals surface area contributed by atoms with Crippen LogP contribution >= 0.6 is 11.3 Å². The summed E-state index contributed by atoms with van der Waals surface area (Å²) in [5.41, 5.74) is 5.66. The van der Waals surface area contributed by atoms with Crippen LogP contribution in [0.4, 0.5) is 0 Å². The number of ether oxygens (including phenoxy) is 2. The van der Waals surface area contributed by atoms with E-state index in [1.807, 2.05) is 17.5 Å². The molecule has 0 saturated carbocycles. The van der Waals surface area contributed by atoms with E-state index in [1.54, 1.807) is 7.11 Å². The van der Waals surface area contributed by atoms with Gasteiger partial charge in [0.05, 0.1) is 6.61 Å². The molecule has 14 heavy (non-hydrogen) atoms. The van der Waals surface area contributed by atoms with Gasteiger partial charge in [0.25, 0.3) is 0 Å². The Hall–Kier alpha value is -0.910. The number of carbonyl (C=O) groups is 1.